The molecule has 9 atom stereocenters. The lowest BCUT2D eigenvalue weighted by Gasteiger charge is -2.63. The number of carbonyl (C=O) groups is 6. The van der Waals surface area contributed by atoms with Crippen LogP contribution in [0.1, 0.15) is 97.1 Å². The third kappa shape index (κ3) is 9.18. The highest BCUT2D eigenvalue weighted by molar-refractivity contribution is 5.93. The van der Waals surface area contributed by atoms with Crippen molar-refractivity contribution in [2.45, 2.75) is 122 Å². The summed E-state index contributed by atoms with van der Waals surface area (Å²) < 4.78 is 29.9. The van der Waals surface area contributed by atoms with Gasteiger partial charge in [-0.1, -0.05) is 74.5 Å². The van der Waals surface area contributed by atoms with E-state index in [-0.39, 0.29) is 24.4 Å². The van der Waals surface area contributed by atoms with Crippen LogP contribution in [0, 0.1) is 16.7 Å². The van der Waals surface area contributed by atoms with Crippen LogP contribution in [0.25, 0.3) is 0 Å². The second kappa shape index (κ2) is 17.3. The number of esters is 4. The molecule has 60 heavy (non-hydrogen) atoms. The van der Waals surface area contributed by atoms with Gasteiger partial charge in [0.2, 0.25) is 0 Å². The second-order valence-corrected chi connectivity index (χ2v) is 17.6. The number of fused-ring (bicyclic) bond motifs is 3. The van der Waals surface area contributed by atoms with Crippen LogP contribution in [0.3, 0.4) is 0 Å². The quantitative estimate of drug-likeness (QED) is 0.104. The van der Waals surface area contributed by atoms with E-state index in [9.17, 15) is 39.0 Å². The van der Waals surface area contributed by atoms with Gasteiger partial charge in [0.25, 0.3) is 0 Å². The Hall–Kier alpha value is -5.38. The molecule has 324 valence electrons. The first-order valence-electron chi connectivity index (χ1n) is 19.9. The third-order valence-electron chi connectivity index (χ3n) is 11.6. The van der Waals surface area contributed by atoms with E-state index in [0.29, 0.717) is 5.56 Å². The van der Waals surface area contributed by atoms with E-state index < -0.39 is 106 Å². The Bertz CT molecular complexity index is 2030. The number of ether oxygens (including phenoxy) is 5. The van der Waals surface area contributed by atoms with Gasteiger partial charge < -0.3 is 44.5 Å². The van der Waals surface area contributed by atoms with Crippen molar-refractivity contribution in [1.29, 1.82) is 0 Å². The molecule has 2 aromatic rings. The molecule has 1 heterocycles. The highest BCUT2D eigenvalue weighted by Crippen LogP contribution is 2.60. The second-order valence-electron chi connectivity index (χ2n) is 17.6. The number of amides is 2. The number of hydrogen-bond acceptors (Lipinski definition) is 13. The van der Waals surface area contributed by atoms with Crippen molar-refractivity contribution in [3.63, 3.8) is 0 Å². The molecule has 0 aromatic heterocycles. The number of urea groups is 1. The molecule has 2 aromatic carbocycles. The lowest BCUT2D eigenvalue weighted by Crippen LogP contribution is -2.77. The minimum Gasteiger partial charge on any atom is -0.455 e. The fraction of sp³-hybridized carbons (Fsp3) is 0.511. The molecular formula is C45H56N2O13. The molecular weight excluding hydrogens is 776 g/mol. The maximum atomic E-state index is 14.9. The van der Waals surface area contributed by atoms with Gasteiger partial charge >= 0.3 is 29.9 Å². The zero-order valence-electron chi connectivity index (χ0n) is 35.5. The van der Waals surface area contributed by atoms with Gasteiger partial charge in [-0.05, 0) is 64.8 Å². The van der Waals surface area contributed by atoms with E-state index in [1.165, 1.54) is 45.1 Å². The van der Waals surface area contributed by atoms with Crippen LogP contribution in [0.4, 0.5) is 4.79 Å². The van der Waals surface area contributed by atoms with E-state index in [4.69, 9.17) is 23.7 Å². The molecule has 0 radical (unpaired) electrons. The van der Waals surface area contributed by atoms with Gasteiger partial charge in [-0.2, -0.15) is 0 Å². The average molecular weight is 833 g/mol. The fourth-order valence-corrected chi connectivity index (χ4v) is 8.56. The van der Waals surface area contributed by atoms with E-state index in [1.54, 1.807) is 89.2 Å². The van der Waals surface area contributed by atoms with Gasteiger partial charge in [-0.25, -0.2) is 14.4 Å². The van der Waals surface area contributed by atoms with Crippen molar-refractivity contribution in [1.82, 2.24) is 10.6 Å². The van der Waals surface area contributed by atoms with Crippen LogP contribution in [0.5, 0.6) is 0 Å². The minimum atomic E-state index is -2.34. The summed E-state index contributed by atoms with van der Waals surface area (Å²) in [5.74, 6) is -5.75. The highest BCUT2D eigenvalue weighted by Gasteiger charge is 2.73. The van der Waals surface area contributed by atoms with Crippen LogP contribution in [-0.2, 0) is 42.9 Å². The molecule has 15 heteroatoms. The van der Waals surface area contributed by atoms with Crippen molar-refractivity contribution < 1.29 is 62.7 Å². The third-order valence-corrected chi connectivity index (χ3v) is 11.6. The summed E-state index contributed by atoms with van der Waals surface area (Å²) in [5, 5.41) is 30.6. The van der Waals surface area contributed by atoms with Gasteiger partial charge in [-0.3, -0.25) is 14.4 Å². The van der Waals surface area contributed by atoms with Crippen LogP contribution in [0.15, 0.2) is 84.7 Å². The van der Waals surface area contributed by atoms with E-state index in [1.807, 2.05) is 0 Å². The van der Waals surface area contributed by atoms with Crippen LogP contribution >= 0.6 is 0 Å². The summed E-state index contributed by atoms with van der Waals surface area (Å²) in [6, 6.07) is 14.3. The van der Waals surface area contributed by atoms with Crippen molar-refractivity contribution in [3.05, 3.63) is 95.8 Å². The Kier molecular flexibility index (Phi) is 13.2. The minimum absolute atomic E-state index is 0.107. The predicted octanol–water partition coefficient (Wildman–Crippen LogP) is 4.80. The lowest BCUT2D eigenvalue weighted by atomic mass is 9.49. The molecule has 0 spiro atoms. The van der Waals surface area contributed by atoms with Crippen molar-refractivity contribution >= 4 is 35.7 Å². The van der Waals surface area contributed by atoms with E-state index in [2.05, 4.69) is 10.6 Å². The van der Waals surface area contributed by atoms with Gasteiger partial charge in [-0.15, -0.1) is 0 Å². The Labute approximate surface area is 349 Å². The summed E-state index contributed by atoms with van der Waals surface area (Å²) in [7, 11) is 0. The molecule has 0 unspecified atom stereocenters. The number of aliphatic hydroxyl groups excluding tert-OH is 1. The maximum Gasteiger partial charge on any atom is 0.342 e. The molecule has 2 aliphatic carbocycles. The first-order valence-corrected chi connectivity index (χ1v) is 19.9. The first-order chi connectivity index (χ1) is 28.0. The lowest BCUT2D eigenvalue weighted by molar-refractivity contribution is -0.307. The molecule has 0 bridgehead atoms. The Morgan fingerprint density at radius 3 is 2.10 bits per heavy atom. The molecule has 15 nitrogen and oxygen atoms in total. The molecule has 5 rings (SSSR count). The molecule has 4 N–H and O–H groups in total. The van der Waals surface area contributed by atoms with Crippen molar-refractivity contribution in [3.8, 4) is 0 Å². The summed E-state index contributed by atoms with van der Waals surface area (Å²) in [5.41, 5.74) is -7.44. The number of aliphatic hydroxyl groups is 2. The van der Waals surface area contributed by atoms with Crippen LogP contribution < -0.4 is 10.6 Å². The van der Waals surface area contributed by atoms with Crippen LogP contribution in [-0.4, -0.2) is 93.7 Å². The first kappa shape index (κ1) is 45.7. The topological polar surface area (TPSA) is 213 Å². The van der Waals surface area contributed by atoms with Gasteiger partial charge in [0, 0.05) is 31.2 Å². The van der Waals surface area contributed by atoms with Crippen molar-refractivity contribution in [2.75, 3.05) is 6.61 Å². The Morgan fingerprint density at radius 2 is 1.57 bits per heavy atom. The number of rotatable bonds is 11. The summed E-state index contributed by atoms with van der Waals surface area (Å²) in [4.78, 5) is 81.6. The molecule has 1 saturated carbocycles. The van der Waals surface area contributed by atoms with Crippen molar-refractivity contribution in [2.24, 2.45) is 16.7 Å². The van der Waals surface area contributed by atoms with Crippen LogP contribution in [0.2, 0.25) is 0 Å². The standard InChI is InChI=1S/C45H56N2O13/c1-10-30(58-39(53)34(50)33(28-17-13-11-14-18-28)46-40(54)47-41(4,5)6)23-45(55)37(59-38(52)29-19-15-12-16-20-29)35-43(9,22-21-32-44(35,25-56-32)60-27(3)49)36(51)31(57-26(2)48)24-42(45,7)8/h10-22,31-35,37,50,55H,23-25H2,1-9H3,(H2,46,47,54)/b30-10-/t31-,32-,33+,34-,35+,37+,43-,44+,45-/m1/s1. The smallest absolute Gasteiger partial charge is 0.342 e. The summed E-state index contributed by atoms with van der Waals surface area (Å²) >= 11 is 0. The monoisotopic (exact) mass is 832 g/mol. The van der Waals surface area contributed by atoms with Gasteiger partial charge in [0.1, 0.15) is 23.6 Å². The number of nitrogens with one attached hydrogen (secondary N) is 2. The SMILES string of the molecule is C/C=C(/C[C@@]1(O)[C@@H](OC(=O)c2ccccc2)[C@@H]2[C@]3(OC(C)=O)CO[C@@H]3C=C[C@@]2(C)C(=O)[C@H](OC(C)=O)CC1(C)C)OC(=O)[C@H](O)[C@@H](NC(=O)NC(C)(C)C)c1ccccc1. The van der Waals surface area contributed by atoms with Gasteiger partial charge in [0.15, 0.2) is 23.6 Å². The molecule has 3 aliphatic rings. The summed E-state index contributed by atoms with van der Waals surface area (Å²) in [6.07, 6.45) is -2.49. The Morgan fingerprint density at radius 1 is 0.950 bits per heavy atom. The van der Waals surface area contributed by atoms with E-state index in [0.717, 1.165) is 6.92 Å². The fourth-order valence-electron chi connectivity index (χ4n) is 8.56. The molecule has 2 amide bonds. The Balaban J connectivity index is 1.64. The maximum absolute atomic E-state index is 14.9. The molecule has 1 saturated heterocycles. The highest BCUT2D eigenvalue weighted by atomic mass is 16.6. The number of Topliss-reactive ketones (excluding diaryl/α,β-unsaturated/α-hetero) is 1. The predicted molar refractivity (Wildman–Crippen MR) is 216 cm³/mol. The van der Waals surface area contributed by atoms with E-state index >= 15 is 0 Å². The number of carbonyl (C=O) groups excluding carboxylic acids is 6. The number of hydrogen-bond donors (Lipinski definition) is 4. The zero-order chi connectivity index (χ0) is 44.4. The molecule has 2 fully saturated rings. The number of allylic oxidation sites excluding steroid dienone is 2. The van der Waals surface area contributed by atoms with Gasteiger partial charge in [0.05, 0.1) is 29.5 Å². The zero-order valence-corrected chi connectivity index (χ0v) is 35.5. The number of ketones is 1. The number of benzene rings is 2. The normalized spacial score (nSPS) is 29.4. The average Bonchev–Trinajstić information content (AvgIpc) is 3.16. The largest absolute Gasteiger partial charge is 0.455 e. The molecule has 1 aliphatic heterocycles. The summed E-state index contributed by atoms with van der Waals surface area (Å²) in [6.45, 7) is 13.6.